The molecule has 1 unspecified atom stereocenters. The number of methoxy groups -OCH3 is 2. The zero-order chi connectivity index (χ0) is 29.3. The van der Waals surface area contributed by atoms with Crippen LogP contribution in [0.3, 0.4) is 0 Å². The van der Waals surface area contributed by atoms with E-state index in [0.29, 0.717) is 46.1 Å². The maximum atomic E-state index is 13.1. The Morgan fingerprint density at radius 1 is 1.02 bits per heavy atom. The van der Waals surface area contributed by atoms with Crippen molar-refractivity contribution in [3.05, 3.63) is 53.6 Å². The molecule has 42 heavy (non-hydrogen) atoms. The molecule has 1 N–H and O–H groups in total. The molecule has 4 atom stereocenters. The zero-order valence-electron chi connectivity index (χ0n) is 25.1. The van der Waals surface area contributed by atoms with Crippen LogP contribution in [0.5, 0.6) is 11.5 Å². The van der Waals surface area contributed by atoms with E-state index >= 15 is 0 Å². The van der Waals surface area contributed by atoms with Crippen molar-refractivity contribution in [2.75, 3.05) is 84.9 Å². The van der Waals surface area contributed by atoms with Crippen molar-refractivity contribution in [2.45, 2.75) is 44.1 Å². The first-order valence-electron chi connectivity index (χ1n) is 15.0. The predicted octanol–water partition coefficient (Wildman–Crippen LogP) is 2.84. The molecular formula is C32H45N3O7. The molecule has 2 aromatic carbocycles. The number of amides is 1. The number of benzene rings is 2. The summed E-state index contributed by atoms with van der Waals surface area (Å²) in [7, 11) is 3.40. The fourth-order valence-corrected chi connectivity index (χ4v) is 6.04. The number of carbonyl (C=O) groups excluding carboxylic acids is 1. The Morgan fingerprint density at radius 2 is 1.83 bits per heavy atom. The first-order chi connectivity index (χ1) is 20.6. The molecule has 230 valence electrons. The van der Waals surface area contributed by atoms with E-state index < -0.39 is 0 Å². The Bertz CT molecular complexity index is 1150. The van der Waals surface area contributed by atoms with Crippen molar-refractivity contribution in [1.29, 1.82) is 0 Å². The normalized spacial score (nSPS) is 24.2. The summed E-state index contributed by atoms with van der Waals surface area (Å²) in [6.45, 7) is 8.71. The number of hydrogen-bond donors (Lipinski definition) is 1. The Kier molecular flexibility index (Phi) is 10.9. The van der Waals surface area contributed by atoms with Crippen molar-refractivity contribution in [3.8, 4) is 11.5 Å². The van der Waals surface area contributed by atoms with Crippen molar-refractivity contribution >= 4 is 11.6 Å². The van der Waals surface area contributed by atoms with Crippen LogP contribution >= 0.6 is 0 Å². The van der Waals surface area contributed by atoms with Gasteiger partial charge >= 0.3 is 0 Å². The zero-order valence-corrected chi connectivity index (χ0v) is 25.1. The molecule has 1 amide bonds. The number of nitrogens with one attached hydrogen (secondary N) is 1. The van der Waals surface area contributed by atoms with Crippen LogP contribution in [0.15, 0.2) is 42.5 Å². The standard InChI is InChI=1S/C32H45N3O7/c1-23-20-39-15-13-35(23)31(36)22-42-30-19-33-18-29(32(30)25-6-8-26(38-3)9-7-25)41-21-24-5-10-28-27(17-24)34(12-16-40-28)11-4-14-37-2/h5-10,17,23,29-30,32-33H,4,11-16,18-22H2,1-3H3/t23-,29-,30+,32?/m0/s1. The molecule has 3 heterocycles. The lowest BCUT2D eigenvalue weighted by Gasteiger charge is -2.39. The van der Waals surface area contributed by atoms with Crippen LogP contribution in [-0.2, 0) is 30.3 Å². The van der Waals surface area contributed by atoms with Crippen LogP contribution in [0.25, 0.3) is 0 Å². The van der Waals surface area contributed by atoms with E-state index in [-0.39, 0.29) is 36.7 Å². The van der Waals surface area contributed by atoms with Crippen molar-refractivity contribution < 1.29 is 33.2 Å². The van der Waals surface area contributed by atoms with E-state index in [1.165, 1.54) is 0 Å². The van der Waals surface area contributed by atoms with E-state index in [0.717, 1.165) is 54.4 Å². The fraction of sp³-hybridized carbons (Fsp3) is 0.594. The molecule has 2 fully saturated rings. The van der Waals surface area contributed by atoms with Gasteiger partial charge in [-0.25, -0.2) is 0 Å². The van der Waals surface area contributed by atoms with Crippen LogP contribution in [0, 0.1) is 0 Å². The number of morpholine rings is 1. The second kappa shape index (κ2) is 15.0. The lowest BCUT2D eigenvalue weighted by molar-refractivity contribution is -0.148. The van der Waals surface area contributed by atoms with Gasteiger partial charge in [0, 0.05) is 45.8 Å². The van der Waals surface area contributed by atoms with Crippen molar-refractivity contribution in [2.24, 2.45) is 0 Å². The molecule has 0 radical (unpaired) electrons. The van der Waals surface area contributed by atoms with Gasteiger partial charge in [0.1, 0.15) is 24.7 Å². The van der Waals surface area contributed by atoms with Gasteiger partial charge < -0.3 is 43.5 Å². The number of nitrogens with zero attached hydrogens (tertiary/aromatic N) is 2. The monoisotopic (exact) mass is 583 g/mol. The van der Waals surface area contributed by atoms with Crippen LogP contribution in [0.4, 0.5) is 5.69 Å². The minimum absolute atomic E-state index is 0.00588. The average molecular weight is 584 g/mol. The topological polar surface area (TPSA) is 91.0 Å². The van der Waals surface area contributed by atoms with Crippen molar-refractivity contribution in [3.63, 3.8) is 0 Å². The molecule has 2 saturated heterocycles. The molecule has 0 saturated carbocycles. The minimum atomic E-state index is -0.231. The van der Waals surface area contributed by atoms with E-state index in [1.54, 1.807) is 14.2 Å². The van der Waals surface area contributed by atoms with Gasteiger partial charge in [0.05, 0.1) is 57.4 Å². The SMILES string of the molecule is COCCCN1CCOc2ccc(CO[C@H]3CNC[C@@H](OCC(=O)N4CCOC[C@@H]4C)C3c3ccc(OC)cc3)cc21. The first kappa shape index (κ1) is 30.6. The predicted molar refractivity (Wildman–Crippen MR) is 160 cm³/mol. The largest absolute Gasteiger partial charge is 0.497 e. The number of fused-ring (bicyclic) bond motifs is 1. The first-order valence-corrected chi connectivity index (χ1v) is 15.0. The van der Waals surface area contributed by atoms with E-state index in [1.807, 2.05) is 30.0 Å². The fourth-order valence-electron chi connectivity index (χ4n) is 6.04. The molecule has 3 aliphatic heterocycles. The highest BCUT2D eigenvalue weighted by Crippen LogP contribution is 2.35. The summed E-state index contributed by atoms with van der Waals surface area (Å²) in [6, 6.07) is 14.4. The summed E-state index contributed by atoms with van der Waals surface area (Å²) >= 11 is 0. The number of piperidine rings is 1. The van der Waals surface area contributed by atoms with Gasteiger partial charge in [-0.05, 0) is 48.7 Å². The summed E-state index contributed by atoms with van der Waals surface area (Å²) in [6.07, 6.45) is 0.577. The van der Waals surface area contributed by atoms with Crippen LogP contribution in [0.1, 0.15) is 30.4 Å². The second-order valence-corrected chi connectivity index (χ2v) is 11.2. The van der Waals surface area contributed by atoms with E-state index in [9.17, 15) is 4.79 Å². The third-order valence-electron chi connectivity index (χ3n) is 8.33. The van der Waals surface area contributed by atoms with Gasteiger partial charge in [-0.1, -0.05) is 18.2 Å². The third kappa shape index (κ3) is 7.54. The number of hydrogen-bond acceptors (Lipinski definition) is 9. The smallest absolute Gasteiger partial charge is 0.248 e. The van der Waals surface area contributed by atoms with Gasteiger partial charge in [0.25, 0.3) is 0 Å². The minimum Gasteiger partial charge on any atom is -0.497 e. The van der Waals surface area contributed by atoms with E-state index in [4.69, 9.17) is 28.4 Å². The van der Waals surface area contributed by atoms with Gasteiger partial charge in [-0.3, -0.25) is 4.79 Å². The quantitative estimate of drug-likeness (QED) is 0.379. The molecule has 10 heteroatoms. The van der Waals surface area contributed by atoms with Crippen LogP contribution < -0.4 is 19.7 Å². The van der Waals surface area contributed by atoms with Gasteiger partial charge in [0.15, 0.2) is 0 Å². The summed E-state index contributed by atoms with van der Waals surface area (Å²) in [5.74, 6) is 1.64. The van der Waals surface area contributed by atoms with Crippen LogP contribution in [0.2, 0.25) is 0 Å². The molecule has 3 aliphatic rings. The Balaban J connectivity index is 1.29. The Hall–Kier alpha value is -2.89. The number of rotatable bonds is 12. The highest BCUT2D eigenvalue weighted by molar-refractivity contribution is 5.78. The molecule has 10 nitrogen and oxygen atoms in total. The highest BCUT2D eigenvalue weighted by atomic mass is 16.5. The highest BCUT2D eigenvalue weighted by Gasteiger charge is 2.37. The maximum absolute atomic E-state index is 13.1. The molecule has 0 bridgehead atoms. The molecule has 0 aromatic heterocycles. The van der Waals surface area contributed by atoms with Crippen molar-refractivity contribution in [1.82, 2.24) is 10.2 Å². The Labute approximate surface area is 249 Å². The second-order valence-electron chi connectivity index (χ2n) is 11.2. The molecule has 0 aliphatic carbocycles. The summed E-state index contributed by atoms with van der Waals surface area (Å²) in [5, 5.41) is 3.48. The number of anilines is 1. The summed E-state index contributed by atoms with van der Waals surface area (Å²) in [4.78, 5) is 17.3. The van der Waals surface area contributed by atoms with Gasteiger partial charge in [0.2, 0.25) is 5.91 Å². The summed E-state index contributed by atoms with van der Waals surface area (Å²) in [5.41, 5.74) is 3.29. The lowest BCUT2D eigenvalue weighted by Crippen LogP contribution is -2.52. The lowest BCUT2D eigenvalue weighted by atomic mass is 9.85. The molecular weight excluding hydrogens is 538 g/mol. The molecule has 0 spiro atoms. The molecule has 2 aromatic rings. The number of ether oxygens (including phenoxy) is 6. The van der Waals surface area contributed by atoms with E-state index in [2.05, 4.69) is 34.5 Å². The maximum Gasteiger partial charge on any atom is 0.248 e. The third-order valence-corrected chi connectivity index (χ3v) is 8.33. The number of carbonyl (C=O) groups is 1. The average Bonchev–Trinajstić information content (AvgIpc) is 3.03. The van der Waals surface area contributed by atoms with Gasteiger partial charge in [-0.15, -0.1) is 0 Å². The van der Waals surface area contributed by atoms with Crippen LogP contribution in [-0.4, -0.2) is 109 Å². The summed E-state index contributed by atoms with van der Waals surface area (Å²) < 4.78 is 35.1. The Morgan fingerprint density at radius 3 is 2.60 bits per heavy atom. The molecule has 5 rings (SSSR count). The van der Waals surface area contributed by atoms with Gasteiger partial charge in [-0.2, -0.15) is 0 Å².